The number of allylic oxidation sites excluding steroid dienone is 1. The van der Waals surface area contributed by atoms with E-state index in [2.05, 4.69) is 19.2 Å². The number of alkyl halides is 1. The lowest BCUT2D eigenvalue weighted by atomic mass is 9.83. The van der Waals surface area contributed by atoms with Gasteiger partial charge in [0.05, 0.1) is 20.4 Å². The molecule has 1 aliphatic rings. The van der Waals surface area contributed by atoms with Crippen molar-refractivity contribution in [1.29, 1.82) is 0 Å². The van der Waals surface area contributed by atoms with Crippen LogP contribution in [0, 0.1) is 0 Å². The molecule has 1 atom stereocenters. The van der Waals surface area contributed by atoms with Gasteiger partial charge in [-0.3, -0.25) is 0 Å². The zero-order valence-electron chi connectivity index (χ0n) is 12.6. The van der Waals surface area contributed by atoms with Gasteiger partial charge < -0.3 is 0 Å². The summed E-state index contributed by atoms with van der Waals surface area (Å²) in [5.74, 6) is 0. The third-order valence-electron chi connectivity index (χ3n) is 4.58. The first-order valence-electron chi connectivity index (χ1n) is 7.24. The van der Waals surface area contributed by atoms with Crippen molar-refractivity contribution in [3.63, 3.8) is 0 Å². The molecule has 4 rings (SSSR count). The molecule has 0 fully saturated rings. The Morgan fingerprint density at radius 2 is 1.62 bits per heavy atom. The SMILES string of the molecule is C=C1c2c([Si](Cl)(Cl)Cl)c(S)cc3ccc4c(Cl)c(Cl)c(Cl)c(c4c23)C1Cl. The van der Waals surface area contributed by atoms with Crippen molar-refractivity contribution in [2.75, 3.05) is 0 Å². The van der Waals surface area contributed by atoms with Crippen molar-refractivity contribution in [3.05, 3.63) is 51.0 Å². The van der Waals surface area contributed by atoms with E-state index in [1.807, 2.05) is 18.2 Å². The van der Waals surface area contributed by atoms with Gasteiger partial charge in [0.2, 0.25) is 0 Å². The van der Waals surface area contributed by atoms with Gasteiger partial charge in [-0.1, -0.05) is 53.5 Å². The van der Waals surface area contributed by atoms with Gasteiger partial charge >= 0.3 is 6.00 Å². The summed E-state index contributed by atoms with van der Waals surface area (Å²) in [5, 5.41) is 4.18. The van der Waals surface area contributed by atoms with Crippen LogP contribution in [0.5, 0.6) is 0 Å². The Kier molecular flexibility index (Phi) is 4.97. The minimum atomic E-state index is -3.30. The summed E-state index contributed by atoms with van der Waals surface area (Å²) in [6, 6.07) is 2.37. The summed E-state index contributed by atoms with van der Waals surface area (Å²) >= 11 is 49.7. The molecule has 0 heterocycles. The minimum absolute atomic E-state index is 0.263. The fourth-order valence-corrected chi connectivity index (χ4v) is 8.76. The molecule has 1 aliphatic carbocycles. The van der Waals surface area contributed by atoms with Gasteiger partial charge in [-0.2, -0.15) is 0 Å². The maximum absolute atomic E-state index is 6.73. The largest absolute Gasteiger partial charge is 0.374 e. The lowest BCUT2D eigenvalue weighted by Gasteiger charge is -2.30. The van der Waals surface area contributed by atoms with E-state index in [1.165, 1.54) is 0 Å². The lowest BCUT2D eigenvalue weighted by molar-refractivity contribution is 1.25. The van der Waals surface area contributed by atoms with E-state index < -0.39 is 11.4 Å². The molecule has 0 bridgehead atoms. The maximum atomic E-state index is 6.73. The van der Waals surface area contributed by atoms with Crippen LogP contribution < -0.4 is 5.19 Å². The molecule has 0 aromatic heterocycles. The average molecular weight is 520 g/mol. The molecule has 3 aromatic carbocycles. The Bertz CT molecular complexity index is 1150. The highest BCUT2D eigenvalue weighted by Crippen LogP contribution is 2.54. The fourth-order valence-electron chi connectivity index (χ4n) is 3.53. The Morgan fingerprint density at radius 3 is 2.23 bits per heavy atom. The monoisotopic (exact) mass is 516 g/mol. The smallest absolute Gasteiger partial charge is 0.143 e. The molecule has 0 amide bonds. The molecule has 3 aromatic rings. The number of hydrogen-bond acceptors (Lipinski definition) is 1. The van der Waals surface area contributed by atoms with Crippen molar-refractivity contribution < 1.29 is 0 Å². The van der Waals surface area contributed by atoms with Crippen molar-refractivity contribution in [2.24, 2.45) is 0 Å². The molecular formula is C17H7Cl7SSi. The van der Waals surface area contributed by atoms with Crippen molar-refractivity contribution >= 4 is 131 Å². The normalized spacial score (nSPS) is 16.9. The van der Waals surface area contributed by atoms with Crippen LogP contribution in [0.2, 0.25) is 15.1 Å². The molecule has 0 saturated heterocycles. The lowest BCUT2D eigenvalue weighted by Crippen LogP contribution is -2.35. The molecule has 0 nitrogen and oxygen atoms in total. The molecule has 26 heavy (non-hydrogen) atoms. The van der Waals surface area contributed by atoms with Gasteiger partial charge in [0.1, 0.15) is 0 Å². The molecule has 1 unspecified atom stereocenters. The van der Waals surface area contributed by atoms with E-state index in [9.17, 15) is 0 Å². The summed E-state index contributed by atoms with van der Waals surface area (Å²) in [5.41, 5.74) is 1.98. The minimum Gasteiger partial charge on any atom is -0.143 e. The van der Waals surface area contributed by atoms with Crippen molar-refractivity contribution in [2.45, 2.75) is 10.3 Å². The van der Waals surface area contributed by atoms with Crippen LogP contribution in [0.15, 0.2) is 29.7 Å². The van der Waals surface area contributed by atoms with Crippen molar-refractivity contribution in [1.82, 2.24) is 0 Å². The van der Waals surface area contributed by atoms with Gasteiger partial charge in [0.15, 0.2) is 0 Å². The Labute approximate surface area is 190 Å². The Balaban J connectivity index is 2.40. The van der Waals surface area contributed by atoms with E-state index >= 15 is 0 Å². The fraction of sp³-hybridized carbons (Fsp3) is 0.0588. The summed E-state index contributed by atoms with van der Waals surface area (Å²) in [6.45, 7) is 4.16. The highest BCUT2D eigenvalue weighted by molar-refractivity contribution is 7.81. The predicted octanol–water partition coefficient (Wildman–Crippen LogP) is 8.41. The van der Waals surface area contributed by atoms with Crippen LogP contribution in [0.25, 0.3) is 27.1 Å². The highest BCUT2D eigenvalue weighted by atomic mass is 35.8. The second-order valence-corrected chi connectivity index (χ2v) is 16.4. The van der Waals surface area contributed by atoms with Gasteiger partial charge in [0, 0.05) is 21.0 Å². The topological polar surface area (TPSA) is 0 Å². The molecule has 0 N–H and O–H groups in total. The van der Waals surface area contributed by atoms with Gasteiger partial charge in [-0.05, 0) is 33.4 Å². The van der Waals surface area contributed by atoms with E-state index in [1.54, 1.807) is 0 Å². The zero-order valence-corrected chi connectivity index (χ0v) is 19.8. The number of rotatable bonds is 1. The van der Waals surface area contributed by atoms with Crippen LogP contribution in [0.4, 0.5) is 0 Å². The molecule has 0 radical (unpaired) electrons. The third-order valence-corrected chi connectivity index (χ3v) is 9.77. The van der Waals surface area contributed by atoms with Gasteiger partial charge in [-0.15, -0.1) is 57.5 Å². The highest BCUT2D eigenvalue weighted by Gasteiger charge is 2.39. The first-order valence-corrected chi connectivity index (χ1v) is 14.3. The predicted molar refractivity (Wildman–Crippen MR) is 124 cm³/mol. The Morgan fingerprint density at radius 1 is 0.962 bits per heavy atom. The van der Waals surface area contributed by atoms with Gasteiger partial charge in [0.25, 0.3) is 0 Å². The standard InChI is InChI=1S/C17H7Cl7SSi/c1-5-9-10-6(4-8(25)17(9)26(22,23)24)2-3-7-11(10)12(13(5)18)15(20)16(21)14(7)19/h2-4,13,25H,1H2. The second kappa shape index (κ2) is 6.52. The molecular weight excluding hydrogens is 513 g/mol. The number of benzene rings is 3. The van der Waals surface area contributed by atoms with Crippen LogP contribution in [0.3, 0.4) is 0 Å². The Hall–Kier alpha value is 0.517. The first-order chi connectivity index (χ1) is 12.1. The van der Waals surface area contributed by atoms with E-state index in [4.69, 9.17) is 79.6 Å². The van der Waals surface area contributed by atoms with Gasteiger partial charge in [-0.25, -0.2) is 0 Å². The molecule has 0 spiro atoms. The van der Waals surface area contributed by atoms with Crippen LogP contribution in [-0.2, 0) is 0 Å². The summed E-state index contributed by atoms with van der Waals surface area (Å²) < 4.78 is 0. The summed E-state index contributed by atoms with van der Waals surface area (Å²) in [7, 11) is 0. The van der Waals surface area contributed by atoms with Crippen molar-refractivity contribution in [3.8, 4) is 0 Å². The second-order valence-electron chi connectivity index (χ2n) is 5.97. The average Bonchev–Trinajstić information content (AvgIpc) is 2.55. The first kappa shape index (κ1) is 19.8. The molecule has 134 valence electrons. The summed E-state index contributed by atoms with van der Waals surface area (Å²) in [6.07, 6.45) is 0. The summed E-state index contributed by atoms with van der Waals surface area (Å²) in [4.78, 5) is 0.596. The number of hydrogen-bond donors (Lipinski definition) is 1. The van der Waals surface area contributed by atoms with E-state index in [0.717, 1.165) is 21.5 Å². The van der Waals surface area contributed by atoms with E-state index in [-0.39, 0.29) is 5.02 Å². The number of thiol groups is 1. The molecule has 0 saturated carbocycles. The molecule has 0 aliphatic heterocycles. The quantitative estimate of drug-likeness (QED) is 0.0819. The molecule has 9 heteroatoms. The van der Waals surface area contributed by atoms with Crippen LogP contribution in [0.1, 0.15) is 16.5 Å². The third kappa shape index (κ3) is 2.65. The maximum Gasteiger partial charge on any atom is 0.374 e. The number of halogens is 7. The van der Waals surface area contributed by atoms with Crippen LogP contribution in [-0.4, -0.2) is 6.00 Å². The van der Waals surface area contributed by atoms with E-state index in [0.29, 0.717) is 36.8 Å². The van der Waals surface area contributed by atoms with Crippen LogP contribution >= 0.6 is 92.3 Å². The zero-order chi connectivity index (χ0) is 19.1.